The van der Waals surface area contributed by atoms with Gasteiger partial charge in [-0.3, -0.25) is 4.98 Å². The summed E-state index contributed by atoms with van der Waals surface area (Å²) in [7, 11) is 2.01. The molecule has 2 bridgehead atoms. The largest absolute Gasteiger partial charge is 0.368 e. The summed E-state index contributed by atoms with van der Waals surface area (Å²) >= 11 is 0. The highest BCUT2D eigenvalue weighted by Gasteiger charge is 2.32. The monoisotopic (exact) mass is 521 g/mol. The zero-order valence-electron chi connectivity index (χ0n) is 25.0. The van der Waals surface area contributed by atoms with Crippen LogP contribution < -0.4 is 15.7 Å². The van der Waals surface area contributed by atoms with Crippen molar-refractivity contribution in [3.8, 4) is 0 Å². The van der Waals surface area contributed by atoms with E-state index in [1.165, 1.54) is 53.8 Å². The summed E-state index contributed by atoms with van der Waals surface area (Å²) in [5.74, 6) is 0.289. The summed E-state index contributed by atoms with van der Waals surface area (Å²) in [6, 6.07) is 5.72. The number of aromatic nitrogens is 2. The summed E-state index contributed by atoms with van der Waals surface area (Å²) in [5.41, 5.74) is 7.77. The molecule has 0 amide bonds. The minimum absolute atomic E-state index is 0.289. The summed E-state index contributed by atoms with van der Waals surface area (Å²) in [5, 5.41) is 3.70. The van der Waals surface area contributed by atoms with Crippen molar-refractivity contribution in [2.75, 3.05) is 18.0 Å². The van der Waals surface area contributed by atoms with Crippen molar-refractivity contribution < 1.29 is 4.79 Å². The lowest BCUT2D eigenvalue weighted by Gasteiger charge is -2.36. The Morgan fingerprint density at radius 3 is 2.32 bits per heavy atom. The van der Waals surface area contributed by atoms with E-state index in [0.717, 1.165) is 44.3 Å². The van der Waals surface area contributed by atoms with E-state index in [2.05, 4.69) is 72.8 Å². The molecule has 2 aromatic heterocycles. The number of hydrogen-bond donors (Lipinski definition) is 1. The summed E-state index contributed by atoms with van der Waals surface area (Å²) < 4.78 is 2.04. The SMILES string of the molecule is C=CN=c1cc(C)c(CCC)cn1C.CCCC(C)=O.CCCc1c(N2CC3CCC(C2)N3)ccnc1C. The molecule has 2 aliphatic heterocycles. The zero-order chi connectivity index (χ0) is 28.1. The number of fused-ring (bicyclic) bond motifs is 2. The third kappa shape index (κ3) is 9.54. The van der Waals surface area contributed by atoms with Crippen molar-refractivity contribution in [1.29, 1.82) is 0 Å². The van der Waals surface area contributed by atoms with Gasteiger partial charge in [-0.15, -0.1) is 0 Å². The Morgan fingerprint density at radius 1 is 1.13 bits per heavy atom. The van der Waals surface area contributed by atoms with Crippen LogP contribution in [0.4, 0.5) is 5.69 Å². The molecular formula is C32H51N5O. The lowest BCUT2D eigenvalue weighted by molar-refractivity contribution is -0.117. The molecule has 2 unspecified atom stereocenters. The van der Waals surface area contributed by atoms with Gasteiger partial charge in [-0.2, -0.15) is 0 Å². The number of aryl methyl sites for hydroxylation is 4. The molecule has 210 valence electrons. The van der Waals surface area contributed by atoms with Crippen LogP contribution in [0.3, 0.4) is 0 Å². The molecule has 0 radical (unpaired) electrons. The fraction of sp³-hybridized carbons (Fsp3) is 0.594. The van der Waals surface area contributed by atoms with E-state index in [1.54, 1.807) is 13.1 Å². The Kier molecular flexibility index (Phi) is 13.5. The van der Waals surface area contributed by atoms with E-state index in [1.807, 2.05) is 24.7 Å². The standard InChI is InChI=1S/C15H23N3.C12H18N2.C5H10O/c1-3-4-14-11(2)16-8-7-15(14)18-9-12-5-6-13(10-18)17-12;1-5-7-11-9-14(4)12(13-6-2)8-10(11)3;1-3-4-5(2)6/h7-8,12-13,17H,3-6,9-10H2,1-2H3;6,8-9H,2,5,7H2,1,3-4H3;3-4H2,1-2H3. The number of Topliss-reactive ketones (excluding diaryl/α,β-unsaturated/α-hetero) is 1. The third-order valence-electron chi connectivity index (χ3n) is 7.21. The van der Waals surface area contributed by atoms with Gasteiger partial charge in [0.15, 0.2) is 0 Å². The third-order valence-corrected chi connectivity index (χ3v) is 7.21. The Hall–Kier alpha value is -2.73. The van der Waals surface area contributed by atoms with Crippen LogP contribution in [0.1, 0.15) is 88.6 Å². The summed E-state index contributed by atoms with van der Waals surface area (Å²) in [6.45, 7) is 18.3. The van der Waals surface area contributed by atoms with Gasteiger partial charge in [0.2, 0.25) is 0 Å². The predicted octanol–water partition coefficient (Wildman–Crippen LogP) is 5.99. The van der Waals surface area contributed by atoms with Gasteiger partial charge in [0, 0.05) is 68.6 Å². The maximum absolute atomic E-state index is 10.0. The fourth-order valence-electron chi connectivity index (χ4n) is 5.33. The van der Waals surface area contributed by atoms with Crippen LogP contribution in [0.2, 0.25) is 0 Å². The fourth-order valence-corrected chi connectivity index (χ4v) is 5.33. The molecule has 0 saturated carbocycles. The smallest absolute Gasteiger partial charge is 0.132 e. The van der Waals surface area contributed by atoms with Crippen molar-refractivity contribution in [3.05, 3.63) is 65.2 Å². The van der Waals surface area contributed by atoms with E-state index >= 15 is 0 Å². The van der Waals surface area contributed by atoms with Crippen LogP contribution in [0, 0.1) is 13.8 Å². The van der Waals surface area contributed by atoms with Crippen molar-refractivity contribution in [3.63, 3.8) is 0 Å². The number of pyridine rings is 2. The number of ketones is 1. The summed E-state index contributed by atoms with van der Waals surface area (Å²) in [6.07, 6.45) is 14.8. The van der Waals surface area contributed by atoms with E-state index < -0.39 is 0 Å². The van der Waals surface area contributed by atoms with Crippen molar-refractivity contribution >= 4 is 11.5 Å². The normalized spacial score (nSPS) is 18.3. The molecule has 4 heterocycles. The molecule has 1 N–H and O–H groups in total. The minimum atomic E-state index is 0.289. The van der Waals surface area contributed by atoms with Gasteiger partial charge in [0.1, 0.15) is 11.3 Å². The van der Waals surface area contributed by atoms with Gasteiger partial charge in [-0.1, -0.05) is 40.2 Å². The second-order valence-electron chi connectivity index (χ2n) is 10.7. The molecular weight excluding hydrogens is 470 g/mol. The number of carbonyl (C=O) groups is 1. The van der Waals surface area contributed by atoms with Crippen LogP contribution >= 0.6 is 0 Å². The van der Waals surface area contributed by atoms with Gasteiger partial charge in [0.05, 0.1) is 0 Å². The number of nitrogens with one attached hydrogen (secondary N) is 1. The highest BCUT2D eigenvalue weighted by molar-refractivity contribution is 5.75. The molecule has 2 fully saturated rings. The first-order chi connectivity index (χ1) is 18.2. The lowest BCUT2D eigenvalue weighted by Crippen LogP contribution is -2.51. The Balaban J connectivity index is 0.000000226. The number of rotatable bonds is 8. The van der Waals surface area contributed by atoms with Crippen LogP contribution in [0.15, 0.2) is 42.3 Å². The number of hydrogen-bond acceptors (Lipinski definition) is 5. The Morgan fingerprint density at radius 2 is 1.79 bits per heavy atom. The molecule has 2 atom stereocenters. The van der Waals surface area contributed by atoms with Crippen LogP contribution in [0.25, 0.3) is 0 Å². The van der Waals surface area contributed by atoms with E-state index in [4.69, 9.17) is 0 Å². The first-order valence-electron chi connectivity index (χ1n) is 14.5. The molecule has 0 aromatic carbocycles. The first-order valence-corrected chi connectivity index (χ1v) is 14.5. The van der Waals surface area contributed by atoms with Gasteiger partial charge in [0.25, 0.3) is 0 Å². The molecule has 2 aliphatic rings. The number of anilines is 1. The topological polar surface area (TPSA) is 62.5 Å². The summed E-state index contributed by atoms with van der Waals surface area (Å²) in [4.78, 5) is 21.3. The average Bonchev–Trinajstić information content (AvgIpc) is 3.22. The number of nitrogens with zero attached hydrogens (tertiary/aromatic N) is 4. The maximum atomic E-state index is 10.0. The van der Waals surface area contributed by atoms with Gasteiger partial charge >= 0.3 is 0 Å². The maximum Gasteiger partial charge on any atom is 0.132 e. The Bertz CT molecular complexity index is 1090. The molecule has 4 rings (SSSR count). The second kappa shape index (κ2) is 16.3. The Labute approximate surface area is 231 Å². The second-order valence-corrected chi connectivity index (χ2v) is 10.7. The van der Waals surface area contributed by atoms with Crippen molar-refractivity contribution in [1.82, 2.24) is 14.9 Å². The number of piperazine rings is 1. The molecule has 2 saturated heterocycles. The van der Waals surface area contributed by atoms with E-state index in [-0.39, 0.29) is 5.78 Å². The molecule has 0 spiro atoms. The average molecular weight is 522 g/mol. The van der Waals surface area contributed by atoms with Crippen molar-refractivity contribution in [2.24, 2.45) is 12.0 Å². The van der Waals surface area contributed by atoms with Crippen molar-refractivity contribution in [2.45, 2.75) is 105 Å². The first kappa shape index (κ1) is 31.5. The van der Waals surface area contributed by atoms with Gasteiger partial charge in [-0.25, -0.2) is 4.99 Å². The highest BCUT2D eigenvalue weighted by Crippen LogP contribution is 2.29. The molecule has 38 heavy (non-hydrogen) atoms. The van der Waals surface area contributed by atoms with Gasteiger partial charge < -0.3 is 19.6 Å². The molecule has 6 heteroatoms. The predicted molar refractivity (Wildman–Crippen MR) is 161 cm³/mol. The van der Waals surface area contributed by atoms with Crippen LogP contribution in [-0.4, -0.2) is 40.5 Å². The minimum Gasteiger partial charge on any atom is -0.368 e. The molecule has 2 aromatic rings. The number of carbonyl (C=O) groups excluding carboxylic acids is 1. The van der Waals surface area contributed by atoms with Crippen LogP contribution in [0.5, 0.6) is 0 Å². The molecule has 0 aliphatic carbocycles. The van der Waals surface area contributed by atoms with E-state index in [0.29, 0.717) is 12.1 Å². The van der Waals surface area contributed by atoms with E-state index in [9.17, 15) is 4.79 Å². The zero-order valence-corrected chi connectivity index (χ0v) is 25.0. The molecule has 6 nitrogen and oxygen atoms in total. The highest BCUT2D eigenvalue weighted by atomic mass is 16.1. The van der Waals surface area contributed by atoms with Gasteiger partial charge in [-0.05, 0) is 81.7 Å². The quantitative estimate of drug-likeness (QED) is 0.464. The lowest BCUT2D eigenvalue weighted by atomic mass is 10.0. The van der Waals surface area contributed by atoms with Crippen LogP contribution in [-0.2, 0) is 24.7 Å².